The summed E-state index contributed by atoms with van der Waals surface area (Å²) in [6.07, 6.45) is -0.580. The molecule has 0 bridgehead atoms. The van der Waals surface area contributed by atoms with Crippen molar-refractivity contribution in [1.82, 2.24) is 0 Å². The number of hydrogen-bond acceptors (Lipinski definition) is 2. The van der Waals surface area contributed by atoms with Crippen LogP contribution in [0.1, 0.15) is 22.8 Å². The van der Waals surface area contributed by atoms with Gasteiger partial charge in [-0.25, -0.2) is 4.39 Å². The fourth-order valence-electron chi connectivity index (χ4n) is 1.97. The van der Waals surface area contributed by atoms with Crippen LogP contribution in [0, 0.1) is 12.7 Å². The van der Waals surface area contributed by atoms with Crippen LogP contribution in [0.15, 0.2) is 36.4 Å². The molecule has 0 aliphatic heterocycles. The molecule has 0 aliphatic carbocycles. The van der Waals surface area contributed by atoms with Crippen LogP contribution < -0.4 is 5.73 Å². The van der Waals surface area contributed by atoms with Crippen molar-refractivity contribution in [1.29, 1.82) is 0 Å². The van der Waals surface area contributed by atoms with Gasteiger partial charge in [-0.3, -0.25) is 0 Å². The van der Waals surface area contributed by atoms with Crippen molar-refractivity contribution in [2.75, 3.05) is 5.73 Å². The van der Waals surface area contributed by atoms with Gasteiger partial charge < -0.3 is 10.8 Å². The Labute approximate surface area is 116 Å². The lowest BCUT2D eigenvalue weighted by Gasteiger charge is -2.14. The summed E-state index contributed by atoms with van der Waals surface area (Å²) < 4.78 is 13.2. The minimum absolute atomic E-state index is 0.298. The van der Waals surface area contributed by atoms with Crippen LogP contribution in [-0.2, 0) is 6.42 Å². The van der Waals surface area contributed by atoms with Gasteiger partial charge in [0.25, 0.3) is 0 Å². The molecule has 100 valence electrons. The summed E-state index contributed by atoms with van der Waals surface area (Å²) in [7, 11) is 0. The van der Waals surface area contributed by atoms with Crippen molar-refractivity contribution in [3.05, 3.63) is 63.9 Å². The SMILES string of the molecule is Cc1ccc(CC(O)c2cc(F)ccc2N)c(Cl)c1. The van der Waals surface area contributed by atoms with E-state index in [9.17, 15) is 9.50 Å². The van der Waals surface area contributed by atoms with Gasteiger partial charge in [0.05, 0.1) is 6.10 Å². The van der Waals surface area contributed by atoms with Crippen LogP contribution in [0.5, 0.6) is 0 Å². The minimum Gasteiger partial charge on any atom is -0.398 e. The average Bonchev–Trinajstić information content (AvgIpc) is 2.35. The number of aliphatic hydroxyl groups is 1. The smallest absolute Gasteiger partial charge is 0.123 e. The monoisotopic (exact) mass is 279 g/mol. The molecule has 0 aliphatic rings. The van der Waals surface area contributed by atoms with Crippen LogP contribution >= 0.6 is 11.6 Å². The number of aryl methyl sites for hydroxylation is 1. The number of benzene rings is 2. The number of nitrogens with two attached hydrogens (primary N) is 1. The quantitative estimate of drug-likeness (QED) is 0.843. The van der Waals surface area contributed by atoms with Crippen LogP contribution in [0.4, 0.5) is 10.1 Å². The second-order valence-corrected chi connectivity index (χ2v) is 5.00. The fourth-order valence-corrected chi connectivity index (χ4v) is 2.28. The van der Waals surface area contributed by atoms with Crippen molar-refractivity contribution in [3.8, 4) is 0 Å². The van der Waals surface area contributed by atoms with Gasteiger partial charge in [0, 0.05) is 22.7 Å². The minimum atomic E-state index is -0.879. The van der Waals surface area contributed by atoms with Gasteiger partial charge in [0.1, 0.15) is 5.82 Å². The zero-order valence-corrected chi connectivity index (χ0v) is 11.3. The molecule has 0 radical (unpaired) electrons. The maximum absolute atomic E-state index is 13.2. The van der Waals surface area contributed by atoms with E-state index >= 15 is 0 Å². The summed E-state index contributed by atoms with van der Waals surface area (Å²) >= 11 is 6.12. The van der Waals surface area contributed by atoms with Gasteiger partial charge in [-0.15, -0.1) is 0 Å². The molecule has 0 aromatic heterocycles. The largest absolute Gasteiger partial charge is 0.398 e. The Morgan fingerprint density at radius 1 is 1.26 bits per heavy atom. The Kier molecular flexibility index (Phi) is 4.08. The van der Waals surface area contributed by atoms with Crippen molar-refractivity contribution in [2.24, 2.45) is 0 Å². The van der Waals surface area contributed by atoms with Crippen LogP contribution in [-0.4, -0.2) is 5.11 Å². The molecule has 4 heteroatoms. The second kappa shape index (κ2) is 5.59. The normalized spacial score (nSPS) is 12.4. The zero-order valence-electron chi connectivity index (χ0n) is 10.5. The molecule has 0 saturated heterocycles. The van der Waals surface area contributed by atoms with Gasteiger partial charge in [-0.2, -0.15) is 0 Å². The standard InChI is InChI=1S/C15H15ClFNO/c1-9-2-3-10(13(16)6-9)7-15(19)12-8-11(17)4-5-14(12)18/h2-6,8,15,19H,7,18H2,1H3. The Balaban J connectivity index is 2.25. The van der Waals surface area contributed by atoms with Crippen LogP contribution in [0.3, 0.4) is 0 Å². The van der Waals surface area contributed by atoms with E-state index in [2.05, 4.69) is 0 Å². The van der Waals surface area contributed by atoms with Gasteiger partial charge in [0.2, 0.25) is 0 Å². The topological polar surface area (TPSA) is 46.2 Å². The number of aliphatic hydroxyl groups excluding tert-OH is 1. The van der Waals surface area contributed by atoms with E-state index in [0.29, 0.717) is 22.7 Å². The summed E-state index contributed by atoms with van der Waals surface area (Å²) in [5.41, 5.74) is 8.36. The molecule has 0 amide bonds. The second-order valence-electron chi connectivity index (χ2n) is 4.59. The lowest BCUT2D eigenvalue weighted by atomic mass is 9.99. The summed E-state index contributed by atoms with van der Waals surface area (Å²) in [6, 6.07) is 9.58. The molecule has 2 rings (SSSR count). The molecule has 0 fully saturated rings. The first-order chi connectivity index (χ1) is 8.97. The maximum Gasteiger partial charge on any atom is 0.123 e. The molecule has 1 unspecified atom stereocenters. The highest BCUT2D eigenvalue weighted by Gasteiger charge is 2.14. The summed E-state index contributed by atoms with van der Waals surface area (Å²) in [5, 5.41) is 10.8. The average molecular weight is 280 g/mol. The molecule has 2 aromatic carbocycles. The zero-order chi connectivity index (χ0) is 14.0. The molecule has 3 N–H and O–H groups in total. The van der Waals surface area contributed by atoms with E-state index in [1.807, 2.05) is 25.1 Å². The van der Waals surface area contributed by atoms with Gasteiger partial charge >= 0.3 is 0 Å². The lowest BCUT2D eigenvalue weighted by Crippen LogP contribution is -2.06. The third-order valence-electron chi connectivity index (χ3n) is 3.03. The summed E-state index contributed by atoms with van der Waals surface area (Å²) in [4.78, 5) is 0. The van der Waals surface area contributed by atoms with E-state index in [1.165, 1.54) is 18.2 Å². The molecular weight excluding hydrogens is 265 g/mol. The molecule has 1 atom stereocenters. The molecule has 0 heterocycles. The maximum atomic E-state index is 13.2. The Hall–Kier alpha value is -1.58. The first-order valence-electron chi connectivity index (χ1n) is 5.95. The molecular formula is C15H15ClFNO. The fraction of sp³-hybridized carbons (Fsp3) is 0.200. The van der Waals surface area contributed by atoms with Crippen molar-refractivity contribution in [3.63, 3.8) is 0 Å². The predicted molar refractivity (Wildman–Crippen MR) is 75.7 cm³/mol. The molecule has 2 aromatic rings. The van der Waals surface area contributed by atoms with E-state index in [0.717, 1.165) is 11.1 Å². The number of hydrogen-bond donors (Lipinski definition) is 2. The predicted octanol–water partition coefficient (Wildman–Crippen LogP) is 3.65. The summed E-state index contributed by atoms with van der Waals surface area (Å²) in [5.74, 6) is -0.418. The van der Waals surface area contributed by atoms with Gasteiger partial charge in [0.15, 0.2) is 0 Å². The number of nitrogen functional groups attached to an aromatic ring is 1. The first kappa shape index (κ1) is 13.8. The van der Waals surface area contributed by atoms with E-state index < -0.39 is 11.9 Å². The Morgan fingerprint density at radius 3 is 2.68 bits per heavy atom. The van der Waals surface area contributed by atoms with Crippen LogP contribution in [0.25, 0.3) is 0 Å². The van der Waals surface area contributed by atoms with E-state index in [1.54, 1.807) is 0 Å². The highest BCUT2D eigenvalue weighted by molar-refractivity contribution is 6.31. The first-order valence-corrected chi connectivity index (χ1v) is 6.33. The van der Waals surface area contributed by atoms with Crippen molar-refractivity contribution in [2.45, 2.75) is 19.4 Å². The Morgan fingerprint density at radius 2 is 2.00 bits per heavy atom. The summed E-state index contributed by atoms with van der Waals surface area (Å²) in [6.45, 7) is 1.94. The third-order valence-corrected chi connectivity index (χ3v) is 3.38. The van der Waals surface area contributed by atoms with Gasteiger partial charge in [-0.1, -0.05) is 23.7 Å². The molecule has 19 heavy (non-hydrogen) atoms. The number of halogens is 2. The molecule has 2 nitrogen and oxygen atoms in total. The van der Waals surface area contributed by atoms with Crippen molar-refractivity contribution < 1.29 is 9.50 Å². The Bertz CT molecular complexity index is 601. The van der Waals surface area contributed by atoms with E-state index in [-0.39, 0.29) is 0 Å². The lowest BCUT2D eigenvalue weighted by molar-refractivity contribution is 0.179. The van der Waals surface area contributed by atoms with E-state index in [4.69, 9.17) is 17.3 Å². The number of anilines is 1. The molecule has 0 spiro atoms. The molecule has 0 saturated carbocycles. The van der Waals surface area contributed by atoms with Crippen LogP contribution in [0.2, 0.25) is 5.02 Å². The van der Waals surface area contributed by atoms with Gasteiger partial charge in [-0.05, 0) is 42.3 Å². The third kappa shape index (κ3) is 3.25. The highest BCUT2D eigenvalue weighted by Crippen LogP contribution is 2.27. The number of rotatable bonds is 3. The van der Waals surface area contributed by atoms with Crippen molar-refractivity contribution >= 4 is 17.3 Å². The highest BCUT2D eigenvalue weighted by atomic mass is 35.5.